The highest BCUT2D eigenvalue weighted by Gasteiger charge is 2.28. The molecule has 0 aromatic heterocycles. The zero-order valence-electron chi connectivity index (χ0n) is 13.6. The van der Waals surface area contributed by atoms with Gasteiger partial charge in [-0.1, -0.05) is 0 Å². The van der Waals surface area contributed by atoms with E-state index in [2.05, 4.69) is 16.0 Å². The fourth-order valence-electron chi connectivity index (χ4n) is 1.65. The molecule has 12 heteroatoms. The first kappa shape index (κ1) is 22.7. The quantitative estimate of drug-likeness (QED) is 0.211. The summed E-state index contributed by atoms with van der Waals surface area (Å²) < 4.78 is 0. The molecule has 2 unspecified atom stereocenters. The normalized spacial score (nSPS) is 12.6. The van der Waals surface area contributed by atoms with Crippen LogP contribution < -0.4 is 21.7 Å². The van der Waals surface area contributed by atoms with Crippen molar-refractivity contribution in [2.75, 3.05) is 25.1 Å². The van der Waals surface area contributed by atoms with Gasteiger partial charge in [0.15, 0.2) is 0 Å². The van der Waals surface area contributed by atoms with Crippen LogP contribution in [-0.2, 0) is 24.0 Å². The van der Waals surface area contributed by atoms with E-state index in [1.807, 2.05) is 0 Å². The van der Waals surface area contributed by atoms with Crippen molar-refractivity contribution < 1.29 is 34.2 Å². The minimum atomic E-state index is -1.48. The predicted octanol–water partition coefficient (Wildman–Crippen LogP) is -2.66. The fraction of sp³-hybridized carbons (Fsp3) is 0.615. The molecule has 142 valence electrons. The van der Waals surface area contributed by atoms with Crippen LogP contribution in [0.25, 0.3) is 0 Å². The van der Waals surface area contributed by atoms with E-state index < -0.39 is 54.7 Å². The van der Waals surface area contributed by atoms with Crippen molar-refractivity contribution in [3.8, 4) is 0 Å². The van der Waals surface area contributed by atoms with Crippen LogP contribution in [0.4, 0.5) is 0 Å². The molecular formula is C13H22N4O7S. The summed E-state index contributed by atoms with van der Waals surface area (Å²) in [5, 5.41) is 24.4. The lowest BCUT2D eigenvalue weighted by Crippen LogP contribution is -2.54. The summed E-state index contributed by atoms with van der Waals surface area (Å²) in [6.45, 7) is -0.823. The van der Waals surface area contributed by atoms with E-state index >= 15 is 0 Å². The first-order valence-electron chi connectivity index (χ1n) is 7.21. The molecule has 0 bridgehead atoms. The molecule has 0 saturated carbocycles. The van der Waals surface area contributed by atoms with Crippen molar-refractivity contribution in [2.24, 2.45) is 5.73 Å². The third-order valence-corrected chi connectivity index (χ3v) is 3.53. The Kier molecular flexibility index (Phi) is 11.0. The Labute approximate surface area is 148 Å². The number of carbonyl (C=O) groups excluding carboxylic acids is 3. The Morgan fingerprint density at radius 3 is 2.16 bits per heavy atom. The molecule has 0 radical (unpaired) electrons. The van der Waals surface area contributed by atoms with Crippen molar-refractivity contribution in [2.45, 2.75) is 24.9 Å². The molecule has 0 aliphatic rings. The molecule has 0 aliphatic heterocycles. The topological polar surface area (TPSA) is 188 Å². The van der Waals surface area contributed by atoms with Gasteiger partial charge in [0.2, 0.25) is 17.7 Å². The van der Waals surface area contributed by atoms with Gasteiger partial charge in [0.1, 0.15) is 12.1 Å². The summed E-state index contributed by atoms with van der Waals surface area (Å²) in [4.78, 5) is 56.8. The van der Waals surface area contributed by atoms with Gasteiger partial charge in [-0.2, -0.15) is 11.8 Å². The van der Waals surface area contributed by atoms with Gasteiger partial charge in [-0.15, -0.1) is 0 Å². The van der Waals surface area contributed by atoms with Crippen LogP contribution in [0.1, 0.15) is 12.8 Å². The van der Waals surface area contributed by atoms with Gasteiger partial charge in [-0.25, -0.2) is 4.79 Å². The van der Waals surface area contributed by atoms with Gasteiger partial charge < -0.3 is 31.9 Å². The molecule has 0 saturated heterocycles. The number of hydrogen-bond donors (Lipinski definition) is 6. The zero-order chi connectivity index (χ0) is 19.4. The van der Waals surface area contributed by atoms with Crippen LogP contribution in [0, 0.1) is 0 Å². The smallest absolute Gasteiger partial charge is 0.326 e. The maximum atomic E-state index is 12.1. The molecule has 0 spiro atoms. The van der Waals surface area contributed by atoms with Crippen LogP contribution in [0.5, 0.6) is 0 Å². The summed E-state index contributed by atoms with van der Waals surface area (Å²) in [7, 11) is 0. The van der Waals surface area contributed by atoms with E-state index in [-0.39, 0.29) is 13.0 Å². The summed E-state index contributed by atoms with van der Waals surface area (Å²) in [5.74, 6) is -4.50. The monoisotopic (exact) mass is 378 g/mol. The van der Waals surface area contributed by atoms with Crippen molar-refractivity contribution in [1.29, 1.82) is 0 Å². The average Bonchev–Trinajstić information content (AvgIpc) is 2.54. The fourth-order valence-corrected chi connectivity index (χ4v) is 2.12. The van der Waals surface area contributed by atoms with Gasteiger partial charge in [-0.05, 0) is 18.4 Å². The van der Waals surface area contributed by atoms with Gasteiger partial charge in [0, 0.05) is 0 Å². The van der Waals surface area contributed by atoms with Crippen molar-refractivity contribution in [3.05, 3.63) is 0 Å². The maximum Gasteiger partial charge on any atom is 0.326 e. The Hall–Kier alpha value is -2.34. The summed E-state index contributed by atoms with van der Waals surface area (Å²) in [6.07, 6.45) is 1.17. The lowest BCUT2D eigenvalue weighted by molar-refractivity contribution is -0.143. The lowest BCUT2D eigenvalue weighted by Gasteiger charge is -2.20. The Balaban J connectivity index is 4.84. The minimum absolute atomic E-state index is 0.141. The second-order valence-electron chi connectivity index (χ2n) is 4.88. The van der Waals surface area contributed by atoms with Crippen LogP contribution in [0.3, 0.4) is 0 Å². The van der Waals surface area contributed by atoms with Crippen LogP contribution in [0.2, 0.25) is 0 Å². The maximum absolute atomic E-state index is 12.1. The number of aliphatic carboxylic acids is 2. The standard InChI is InChI=1S/C13H22N4O7S/c1-25-3-2-7(13(23)24)17-12(22)8(4-11(20)21)16-10(19)6-15-9(18)5-14/h7-8H,2-6,14H2,1H3,(H,15,18)(H,16,19)(H,17,22)(H,20,21)(H,23,24). The van der Waals surface area contributed by atoms with E-state index in [9.17, 15) is 24.0 Å². The van der Waals surface area contributed by atoms with Gasteiger partial charge in [0.05, 0.1) is 19.5 Å². The molecule has 7 N–H and O–H groups in total. The molecular weight excluding hydrogens is 356 g/mol. The van der Waals surface area contributed by atoms with E-state index in [0.29, 0.717) is 5.75 Å². The van der Waals surface area contributed by atoms with E-state index in [1.54, 1.807) is 6.26 Å². The van der Waals surface area contributed by atoms with Gasteiger partial charge >= 0.3 is 11.9 Å². The number of carboxylic acids is 2. The largest absolute Gasteiger partial charge is 0.481 e. The lowest BCUT2D eigenvalue weighted by atomic mass is 10.1. The summed E-state index contributed by atoms with van der Waals surface area (Å²) in [5.41, 5.74) is 5.05. The van der Waals surface area contributed by atoms with E-state index in [0.717, 1.165) is 0 Å². The Morgan fingerprint density at radius 2 is 1.68 bits per heavy atom. The first-order chi connectivity index (χ1) is 11.7. The van der Waals surface area contributed by atoms with Crippen LogP contribution in [0.15, 0.2) is 0 Å². The highest BCUT2D eigenvalue weighted by molar-refractivity contribution is 7.98. The third-order valence-electron chi connectivity index (χ3n) is 2.89. The summed E-state index contributed by atoms with van der Waals surface area (Å²) >= 11 is 1.39. The van der Waals surface area contributed by atoms with Gasteiger partial charge in [0.25, 0.3) is 0 Å². The van der Waals surface area contributed by atoms with Crippen molar-refractivity contribution in [1.82, 2.24) is 16.0 Å². The summed E-state index contributed by atoms with van der Waals surface area (Å²) in [6, 6.07) is -2.68. The van der Waals surface area contributed by atoms with Crippen molar-refractivity contribution >= 4 is 41.4 Å². The molecule has 0 aliphatic carbocycles. The highest BCUT2D eigenvalue weighted by Crippen LogP contribution is 2.03. The first-order valence-corrected chi connectivity index (χ1v) is 8.60. The highest BCUT2D eigenvalue weighted by atomic mass is 32.2. The molecule has 0 fully saturated rings. The Morgan fingerprint density at radius 1 is 1.04 bits per heavy atom. The molecule has 0 aromatic carbocycles. The number of carbonyl (C=O) groups is 5. The van der Waals surface area contributed by atoms with Gasteiger partial charge in [-0.3, -0.25) is 19.2 Å². The molecule has 11 nitrogen and oxygen atoms in total. The molecule has 25 heavy (non-hydrogen) atoms. The molecule has 0 aromatic rings. The van der Waals surface area contributed by atoms with E-state index in [1.165, 1.54) is 11.8 Å². The SMILES string of the molecule is CSCCC(NC(=O)C(CC(=O)O)NC(=O)CNC(=O)CN)C(=O)O. The van der Waals surface area contributed by atoms with Crippen LogP contribution >= 0.6 is 11.8 Å². The number of carboxylic acid groups (broad SMARTS) is 2. The number of thioether (sulfide) groups is 1. The molecule has 3 amide bonds. The minimum Gasteiger partial charge on any atom is -0.481 e. The average molecular weight is 378 g/mol. The van der Waals surface area contributed by atoms with E-state index in [4.69, 9.17) is 15.9 Å². The Bertz CT molecular complexity index is 515. The molecule has 0 rings (SSSR count). The number of nitrogens with one attached hydrogen (secondary N) is 3. The second kappa shape index (κ2) is 12.1. The number of nitrogens with two attached hydrogens (primary N) is 1. The predicted molar refractivity (Wildman–Crippen MR) is 88.8 cm³/mol. The van der Waals surface area contributed by atoms with Crippen LogP contribution in [-0.4, -0.2) is 77.1 Å². The van der Waals surface area contributed by atoms with Crippen molar-refractivity contribution in [3.63, 3.8) is 0 Å². The molecule has 0 heterocycles. The number of amides is 3. The number of hydrogen-bond acceptors (Lipinski definition) is 7. The second-order valence-corrected chi connectivity index (χ2v) is 5.87. The third kappa shape index (κ3) is 10.2. The number of rotatable bonds is 12. The molecule has 2 atom stereocenters. The zero-order valence-corrected chi connectivity index (χ0v) is 14.4.